The number of halogens is 1. The number of amides is 2. The molecule has 1 aromatic rings. The van der Waals surface area contributed by atoms with Crippen LogP contribution in [0.15, 0.2) is 30.3 Å². The van der Waals surface area contributed by atoms with Crippen molar-refractivity contribution in [3.05, 3.63) is 35.9 Å². The molecule has 2 unspecified atom stereocenters. The smallest absolute Gasteiger partial charge is 0.227 e. The lowest BCUT2D eigenvalue weighted by molar-refractivity contribution is -0.142. The van der Waals surface area contributed by atoms with Crippen LogP contribution in [0, 0.1) is 11.8 Å². The Bertz CT molecular complexity index is 586. The van der Waals surface area contributed by atoms with Gasteiger partial charge in [-0.2, -0.15) is 0 Å². The number of hydrogen-bond donors (Lipinski definition) is 1. The largest absolute Gasteiger partial charge is 0.343 e. The van der Waals surface area contributed by atoms with Gasteiger partial charge in [0.2, 0.25) is 11.8 Å². The number of carbonyl (C=O) groups excluding carboxylic acids is 2. The molecule has 2 atom stereocenters. The molecule has 2 N–H and O–H groups in total. The molecule has 1 aliphatic heterocycles. The van der Waals surface area contributed by atoms with Crippen molar-refractivity contribution in [3.63, 3.8) is 0 Å². The topological polar surface area (TPSA) is 66.6 Å². The Kier molecular flexibility index (Phi) is 8.57. The van der Waals surface area contributed by atoms with Gasteiger partial charge in [-0.1, -0.05) is 37.3 Å². The average molecular weight is 382 g/mol. The fraction of sp³-hybridized carbons (Fsp3) is 0.600. The lowest BCUT2D eigenvalue weighted by atomic mass is 9.91. The molecule has 2 amide bonds. The third-order valence-electron chi connectivity index (χ3n) is 5.39. The number of benzene rings is 1. The van der Waals surface area contributed by atoms with Crippen molar-refractivity contribution in [3.8, 4) is 0 Å². The molecule has 26 heavy (non-hydrogen) atoms. The summed E-state index contributed by atoms with van der Waals surface area (Å²) in [6.45, 7) is 7.19. The molecule has 6 heteroatoms. The minimum atomic E-state index is -0.305. The molecule has 0 radical (unpaired) electrons. The molecule has 0 bridgehead atoms. The molecule has 1 fully saturated rings. The molecule has 1 saturated heterocycles. The Balaban J connectivity index is 0.00000338. The quantitative estimate of drug-likeness (QED) is 0.852. The van der Waals surface area contributed by atoms with Crippen LogP contribution >= 0.6 is 12.4 Å². The molecule has 0 aliphatic carbocycles. The first-order valence-electron chi connectivity index (χ1n) is 9.19. The molecule has 1 heterocycles. The third kappa shape index (κ3) is 5.21. The van der Waals surface area contributed by atoms with E-state index in [9.17, 15) is 9.59 Å². The zero-order valence-corrected chi connectivity index (χ0v) is 17.0. The van der Waals surface area contributed by atoms with Crippen LogP contribution < -0.4 is 5.73 Å². The minimum Gasteiger partial charge on any atom is -0.343 e. The third-order valence-corrected chi connectivity index (χ3v) is 5.39. The van der Waals surface area contributed by atoms with E-state index in [2.05, 4.69) is 0 Å². The molecular formula is C20H32ClN3O2. The highest BCUT2D eigenvalue weighted by molar-refractivity contribution is 5.85. The first-order chi connectivity index (χ1) is 11.8. The van der Waals surface area contributed by atoms with E-state index in [-0.39, 0.29) is 48.1 Å². The van der Waals surface area contributed by atoms with Crippen LogP contribution in [0.3, 0.4) is 0 Å². The van der Waals surface area contributed by atoms with Crippen LogP contribution in [0.1, 0.15) is 45.2 Å². The van der Waals surface area contributed by atoms with Crippen molar-refractivity contribution in [1.82, 2.24) is 9.80 Å². The number of hydrogen-bond acceptors (Lipinski definition) is 3. The highest BCUT2D eigenvalue weighted by atomic mass is 35.5. The van der Waals surface area contributed by atoms with Gasteiger partial charge in [0.25, 0.3) is 0 Å². The molecular weight excluding hydrogens is 350 g/mol. The van der Waals surface area contributed by atoms with Crippen molar-refractivity contribution >= 4 is 24.2 Å². The van der Waals surface area contributed by atoms with Crippen molar-refractivity contribution in [2.75, 3.05) is 20.1 Å². The Hall–Kier alpha value is -1.59. The molecule has 1 aliphatic rings. The molecule has 5 nitrogen and oxygen atoms in total. The normalized spacial score (nSPS) is 17.4. The molecule has 2 rings (SSSR count). The van der Waals surface area contributed by atoms with Crippen molar-refractivity contribution < 1.29 is 9.59 Å². The second kappa shape index (κ2) is 9.93. The van der Waals surface area contributed by atoms with E-state index < -0.39 is 0 Å². The summed E-state index contributed by atoms with van der Waals surface area (Å²) in [5.74, 6) is 0.0261. The Morgan fingerprint density at radius 2 is 1.65 bits per heavy atom. The van der Waals surface area contributed by atoms with Gasteiger partial charge >= 0.3 is 0 Å². The number of rotatable bonds is 5. The summed E-state index contributed by atoms with van der Waals surface area (Å²) < 4.78 is 0. The molecule has 146 valence electrons. The SMILES string of the molecule is CC(C(=O)N1CCC(C(=O)N(C)C(C)C)CC1)C(N)c1ccccc1.Cl. The molecule has 0 spiro atoms. The first-order valence-corrected chi connectivity index (χ1v) is 9.19. The number of piperidine rings is 1. The summed E-state index contributed by atoms with van der Waals surface area (Å²) in [4.78, 5) is 28.9. The van der Waals surface area contributed by atoms with Crippen LogP contribution in [-0.2, 0) is 9.59 Å². The van der Waals surface area contributed by atoms with Gasteiger partial charge in [-0.15, -0.1) is 12.4 Å². The Morgan fingerprint density at radius 3 is 2.15 bits per heavy atom. The zero-order chi connectivity index (χ0) is 18.6. The summed E-state index contributed by atoms with van der Waals surface area (Å²) in [5.41, 5.74) is 7.27. The predicted molar refractivity (Wildman–Crippen MR) is 107 cm³/mol. The van der Waals surface area contributed by atoms with E-state index in [1.807, 2.05) is 63.1 Å². The van der Waals surface area contributed by atoms with Gasteiger partial charge in [0.05, 0.1) is 5.92 Å². The lowest BCUT2D eigenvalue weighted by Gasteiger charge is -2.36. The highest BCUT2D eigenvalue weighted by Gasteiger charge is 2.32. The van der Waals surface area contributed by atoms with Gasteiger partial charge < -0.3 is 15.5 Å². The maximum atomic E-state index is 12.8. The highest BCUT2D eigenvalue weighted by Crippen LogP contribution is 2.25. The van der Waals surface area contributed by atoms with Gasteiger partial charge in [-0.25, -0.2) is 0 Å². The van der Waals surface area contributed by atoms with Crippen molar-refractivity contribution in [2.24, 2.45) is 17.6 Å². The fourth-order valence-electron chi connectivity index (χ4n) is 3.29. The number of nitrogens with two attached hydrogens (primary N) is 1. The van der Waals surface area contributed by atoms with E-state index in [4.69, 9.17) is 5.73 Å². The zero-order valence-electron chi connectivity index (χ0n) is 16.2. The average Bonchev–Trinajstić information content (AvgIpc) is 2.65. The number of nitrogens with zero attached hydrogens (tertiary/aromatic N) is 2. The van der Waals surface area contributed by atoms with Crippen LogP contribution in [0.2, 0.25) is 0 Å². The Morgan fingerprint density at radius 1 is 1.12 bits per heavy atom. The van der Waals surface area contributed by atoms with Crippen LogP contribution in [0.5, 0.6) is 0 Å². The van der Waals surface area contributed by atoms with E-state index in [1.165, 1.54) is 0 Å². The van der Waals surface area contributed by atoms with Crippen molar-refractivity contribution in [1.29, 1.82) is 0 Å². The van der Waals surface area contributed by atoms with Gasteiger partial charge in [0, 0.05) is 38.1 Å². The number of likely N-dealkylation sites (tertiary alicyclic amines) is 1. The minimum absolute atomic E-state index is 0. The van der Waals surface area contributed by atoms with E-state index >= 15 is 0 Å². The van der Waals surface area contributed by atoms with Gasteiger partial charge in [-0.05, 0) is 32.3 Å². The second-order valence-corrected chi connectivity index (χ2v) is 7.37. The van der Waals surface area contributed by atoms with Crippen LogP contribution in [0.4, 0.5) is 0 Å². The van der Waals surface area contributed by atoms with E-state index in [0.717, 1.165) is 18.4 Å². The summed E-state index contributed by atoms with van der Waals surface area (Å²) in [6.07, 6.45) is 1.46. The second-order valence-electron chi connectivity index (χ2n) is 7.37. The van der Waals surface area contributed by atoms with Crippen molar-refractivity contribution in [2.45, 2.75) is 45.7 Å². The fourth-order valence-corrected chi connectivity index (χ4v) is 3.29. The standard InChI is InChI=1S/C20H31N3O2.ClH/c1-14(2)22(4)20(25)17-10-12-23(13-11-17)19(24)15(3)18(21)16-8-6-5-7-9-16;/h5-9,14-15,17-18H,10-13,21H2,1-4H3;1H. The summed E-state index contributed by atoms with van der Waals surface area (Å²) in [6, 6.07) is 9.64. The maximum Gasteiger partial charge on any atom is 0.227 e. The summed E-state index contributed by atoms with van der Waals surface area (Å²) >= 11 is 0. The lowest BCUT2D eigenvalue weighted by Crippen LogP contribution is -2.47. The van der Waals surface area contributed by atoms with Gasteiger partial charge in [-0.3, -0.25) is 9.59 Å². The van der Waals surface area contributed by atoms with Crippen LogP contribution in [0.25, 0.3) is 0 Å². The molecule has 0 saturated carbocycles. The molecule has 1 aromatic carbocycles. The maximum absolute atomic E-state index is 12.8. The van der Waals surface area contributed by atoms with E-state index in [1.54, 1.807) is 4.90 Å². The molecule has 0 aromatic heterocycles. The van der Waals surface area contributed by atoms with Gasteiger partial charge in [0.15, 0.2) is 0 Å². The summed E-state index contributed by atoms with van der Waals surface area (Å²) in [5, 5.41) is 0. The predicted octanol–water partition coefficient (Wildman–Crippen LogP) is 2.85. The van der Waals surface area contributed by atoms with Gasteiger partial charge in [0.1, 0.15) is 0 Å². The van der Waals surface area contributed by atoms with E-state index in [0.29, 0.717) is 13.1 Å². The first kappa shape index (κ1) is 22.5. The monoisotopic (exact) mass is 381 g/mol. The van der Waals surface area contributed by atoms with Crippen LogP contribution in [-0.4, -0.2) is 47.8 Å². The summed E-state index contributed by atoms with van der Waals surface area (Å²) in [7, 11) is 1.85. The number of carbonyl (C=O) groups is 2. The Labute approximate surface area is 163 Å².